The Morgan fingerprint density at radius 2 is 1.73 bits per heavy atom. The van der Waals surface area contributed by atoms with Crippen LogP contribution in [0.2, 0.25) is 0 Å². The molecule has 7 nitrogen and oxygen atoms in total. The molecule has 2 saturated carbocycles. The standard InChI is InChI=1S/C26H33B3FN5O2/c1-24-6-7-25(2,14-24)12-16(11-24)35(3)22-5-4-20(32-33-22)18-9-19(30)17(10-21(18)36)15-8-23(34-31-13-15)37-26(27,28)29/h4-5,8-10,13,16,36H,6-7,11-12,14,27-29H2,1-3H3/t16-,24-,25+. The normalized spacial score (nSPS) is 25.1. The third kappa shape index (κ3) is 5.31. The van der Waals surface area contributed by atoms with Gasteiger partial charge in [-0.1, -0.05) is 13.8 Å². The third-order valence-corrected chi connectivity index (χ3v) is 7.92. The first-order valence-corrected chi connectivity index (χ1v) is 12.9. The largest absolute Gasteiger partial charge is 0.507 e. The molecule has 2 fully saturated rings. The van der Waals surface area contributed by atoms with E-state index >= 15 is 4.39 Å². The van der Waals surface area contributed by atoms with Gasteiger partial charge in [-0.3, -0.25) is 0 Å². The molecule has 0 unspecified atom stereocenters. The molecule has 2 aromatic heterocycles. The Balaban J connectivity index is 1.37. The van der Waals surface area contributed by atoms with E-state index < -0.39 is 11.1 Å². The highest BCUT2D eigenvalue weighted by Gasteiger charge is 2.50. The lowest BCUT2D eigenvalue weighted by atomic mass is 9.52. The van der Waals surface area contributed by atoms with E-state index in [4.69, 9.17) is 4.74 Å². The number of phenolic OH excluding ortho intramolecular Hbond substituents is 1. The summed E-state index contributed by atoms with van der Waals surface area (Å²) in [5.74, 6) is 0.469. The first-order chi connectivity index (χ1) is 17.3. The molecule has 11 heteroatoms. The molecule has 0 saturated heterocycles. The fourth-order valence-electron chi connectivity index (χ4n) is 6.33. The smallest absolute Gasteiger partial charge is 0.232 e. The second-order valence-electron chi connectivity index (χ2n) is 12.6. The van der Waals surface area contributed by atoms with Crippen molar-refractivity contribution in [2.75, 3.05) is 11.9 Å². The van der Waals surface area contributed by atoms with Crippen LogP contribution in [0, 0.1) is 16.6 Å². The highest BCUT2D eigenvalue weighted by Crippen LogP contribution is 2.58. The van der Waals surface area contributed by atoms with Gasteiger partial charge in [-0.2, -0.15) is 5.10 Å². The number of ether oxygens (including phenoxy) is 1. The fourth-order valence-corrected chi connectivity index (χ4v) is 6.33. The molecule has 5 rings (SSSR count). The first kappa shape index (κ1) is 25.6. The van der Waals surface area contributed by atoms with E-state index in [9.17, 15) is 5.11 Å². The molecule has 2 aliphatic carbocycles. The minimum Gasteiger partial charge on any atom is -0.507 e. The van der Waals surface area contributed by atoms with Gasteiger partial charge in [0.1, 0.15) is 35.1 Å². The number of fused-ring (bicyclic) bond motifs is 2. The number of halogens is 1. The van der Waals surface area contributed by atoms with Crippen LogP contribution in [0.3, 0.4) is 0 Å². The third-order valence-electron chi connectivity index (χ3n) is 7.92. The molecular formula is C26H33B3FN5O2. The molecule has 0 amide bonds. The lowest BCUT2D eigenvalue weighted by molar-refractivity contribution is 0.148. The van der Waals surface area contributed by atoms with Crippen LogP contribution < -0.4 is 9.64 Å². The van der Waals surface area contributed by atoms with Crippen LogP contribution >= 0.6 is 0 Å². The summed E-state index contributed by atoms with van der Waals surface area (Å²) in [5, 5.41) is 27.0. The minimum atomic E-state index is -0.510. The summed E-state index contributed by atoms with van der Waals surface area (Å²) in [4.78, 5) is 2.23. The highest BCUT2D eigenvalue weighted by molar-refractivity contribution is 6.58. The average molecular weight is 499 g/mol. The lowest BCUT2D eigenvalue weighted by Crippen LogP contribution is -2.42. The zero-order valence-electron chi connectivity index (χ0n) is 22.5. The first-order valence-electron chi connectivity index (χ1n) is 12.9. The fraction of sp³-hybridized carbons (Fsp3) is 0.462. The van der Waals surface area contributed by atoms with Gasteiger partial charge in [0.15, 0.2) is 5.82 Å². The van der Waals surface area contributed by atoms with Crippen molar-refractivity contribution in [2.24, 2.45) is 10.8 Å². The van der Waals surface area contributed by atoms with E-state index in [1.807, 2.05) is 29.6 Å². The number of aromatic nitrogens is 4. The van der Waals surface area contributed by atoms with Crippen LogP contribution in [-0.2, 0) is 0 Å². The second-order valence-corrected chi connectivity index (χ2v) is 12.6. The molecule has 3 atom stereocenters. The molecule has 1 aromatic carbocycles. The number of aromatic hydroxyl groups is 1. The number of phenols is 1. The molecular weight excluding hydrogens is 466 g/mol. The van der Waals surface area contributed by atoms with Crippen LogP contribution in [0.15, 0.2) is 36.5 Å². The van der Waals surface area contributed by atoms with E-state index in [2.05, 4.69) is 46.2 Å². The molecule has 2 heterocycles. The van der Waals surface area contributed by atoms with E-state index in [1.165, 1.54) is 37.6 Å². The van der Waals surface area contributed by atoms with Gasteiger partial charge < -0.3 is 14.7 Å². The van der Waals surface area contributed by atoms with E-state index in [1.54, 1.807) is 12.1 Å². The summed E-state index contributed by atoms with van der Waals surface area (Å²) >= 11 is 0. The topological polar surface area (TPSA) is 84.3 Å². The average Bonchev–Trinajstić information content (AvgIpc) is 3.05. The predicted molar refractivity (Wildman–Crippen MR) is 151 cm³/mol. The summed E-state index contributed by atoms with van der Waals surface area (Å²) in [6.07, 6.45) is 7.64. The summed E-state index contributed by atoms with van der Waals surface area (Å²) in [5.41, 5.74) is 2.15. The van der Waals surface area contributed by atoms with Crippen molar-refractivity contribution in [3.05, 3.63) is 42.3 Å². The number of benzene rings is 1. The monoisotopic (exact) mass is 499 g/mol. The Morgan fingerprint density at radius 1 is 1.03 bits per heavy atom. The van der Waals surface area contributed by atoms with Crippen LogP contribution in [-0.4, -0.2) is 67.4 Å². The number of hydrogen-bond donors (Lipinski definition) is 1. The van der Waals surface area contributed by atoms with Gasteiger partial charge >= 0.3 is 0 Å². The van der Waals surface area contributed by atoms with Crippen LogP contribution in [0.4, 0.5) is 10.2 Å². The maximum absolute atomic E-state index is 15.2. The van der Waals surface area contributed by atoms with Gasteiger partial charge in [0, 0.05) is 41.1 Å². The van der Waals surface area contributed by atoms with Crippen LogP contribution in [0.5, 0.6) is 11.6 Å². The molecule has 0 spiro atoms. The van der Waals surface area contributed by atoms with Crippen molar-refractivity contribution in [2.45, 2.75) is 57.3 Å². The summed E-state index contributed by atoms with van der Waals surface area (Å²) in [7, 11) is 7.77. The molecule has 37 heavy (non-hydrogen) atoms. The quantitative estimate of drug-likeness (QED) is 0.521. The second kappa shape index (κ2) is 9.03. The lowest BCUT2D eigenvalue weighted by Gasteiger charge is -2.44. The Hall–Kier alpha value is -3.10. The van der Waals surface area contributed by atoms with E-state index in [0.717, 1.165) is 18.7 Å². The van der Waals surface area contributed by atoms with Crippen molar-refractivity contribution >= 4 is 29.4 Å². The van der Waals surface area contributed by atoms with Gasteiger partial charge in [0.2, 0.25) is 5.88 Å². The Morgan fingerprint density at radius 3 is 2.35 bits per heavy atom. The molecule has 2 bridgehead atoms. The summed E-state index contributed by atoms with van der Waals surface area (Å²) in [6, 6.07) is 8.37. The van der Waals surface area contributed by atoms with E-state index in [0.29, 0.717) is 28.1 Å². The molecule has 0 radical (unpaired) electrons. The number of anilines is 1. The van der Waals surface area contributed by atoms with E-state index in [-0.39, 0.29) is 22.8 Å². The minimum absolute atomic E-state index is 0.0911. The van der Waals surface area contributed by atoms with Crippen LogP contribution in [0.25, 0.3) is 22.4 Å². The predicted octanol–water partition coefficient (Wildman–Crippen LogP) is 2.13. The van der Waals surface area contributed by atoms with Crippen molar-refractivity contribution in [3.8, 4) is 34.0 Å². The van der Waals surface area contributed by atoms with Gasteiger partial charge in [-0.25, -0.2) is 4.39 Å². The zero-order valence-corrected chi connectivity index (χ0v) is 22.5. The maximum Gasteiger partial charge on any atom is 0.232 e. The van der Waals surface area contributed by atoms with Crippen molar-refractivity contribution < 1.29 is 14.2 Å². The van der Waals surface area contributed by atoms with Gasteiger partial charge in [-0.15, -0.1) is 15.3 Å². The maximum atomic E-state index is 15.2. The van der Waals surface area contributed by atoms with Gasteiger partial charge in [0.25, 0.3) is 0 Å². The summed E-state index contributed by atoms with van der Waals surface area (Å²) < 4.78 is 21.0. The molecule has 2 aliphatic rings. The van der Waals surface area contributed by atoms with Crippen molar-refractivity contribution in [1.29, 1.82) is 0 Å². The Kier molecular flexibility index (Phi) is 6.24. The number of hydrogen-bond acceptors (Lipinski definition) is 7. The number of rotatable bonds is 6. The number of nitrogens with zero attached hydrogens (tertiary/aromatic N) is 5. The van der Waals surface area contributed by atoms with Crippen molar-refractivity contribution in [3.63, 3.8) is 0 Å². The Labute approximate surface area is 220 Å². The molecule has 3 aromatic rings. The summed E-state index contributed by atoms with van der Waals surface area (Å²) in [6.45, 7) is 4.82. The zero-order chi connectivity index (χ0) is 26.6. The van der Waals surface area contributed by atoms with Crippen LogP contribution in [0.1, 0.15) is 46.0 Å². The molecule has 0 aliphatic heterocycles. The Bertz CT molecular complexity index is 1300. The van der Waals surface area contributed by atoms with Gasteiger partial charge in [-0.05, 0) is 67.2 Å². The highest BCUT2D eigenvalue weighted by atomic mass is 19.1. The van der Waals surface area contributed by atoms with Gasteiger partial charge in [0.05, 0.1) is 11.9 Å². The van der Waals surface area contributed by atoms with Crippen molar-refractivity contribution in [1.82, 2.24) is 20.4 Å². The molecule has 190 valence electrons. The molecule has 1 N–H and O–H groups in total. The SMILES string of the molecule is BC(B)(B)Oc1cc(-c2cc(O)c(-c3ccc(N(C)[C@H]4C[C@]5(C)CC[C@](C)(C4)C5)nn3)cc2F)cnn1.